The third kappa shape index (κ3) is 12.5. The van der Waals surface area contributed by atoms with E-state index in [1.54, 1.807) is 12.1 Å². The van der Waals surface area contributed by atoms with Gasteiger partial charge in [-0.3, -0.25) is 4.79 Å². The number of aromatic hydroxyl groups is 1. The van der Waals surface area contributed by atoms with Crippen LogP contribution in [0.4, 0.5) is 0 Å². The van der Waals surface area contributed by atoms with Crippen LogP contribution in [0.3, 0.4) is 0 Å². The summed E-state index contributed by atoms with van der Waals surface area (Å²) >= 11 is 0. The topological polar surface area (TPSA) is 57.5 Å². The highest BCUT2D eigenvalue weighted by Gasteiger charge is 2.11. The molecule has 3 heteroatoms. The van der Waals surface area contributed by atoms with Gasteiger partial charge in [0.25, 0.3) is 0 Å². The predicted octanol–water partition coefficient (Wildman–Crippen LogP) is 7.43. The highest BCUT2D eigenvalue weighted by molar-refractivity contribution is 5.66. The van der Waals surface area contributed by atoms with Gasteiger partial charge in [0.1, 0.15) is 5.75 Å². The number of carboxylic acids is 1. The largest absolute Gasteiger partial charge is 0.508 e. The van der Waals surface area contributed by atoms with E-state index in [2.05, 4.69) is 19.1 Å². The fraction of sp³-hybridized carbons (Fsp3) is 0.708. The van der Waals surface area contributed by atoms with Gasteiger partial charge in [-0.1, -0.05) is 89.7 Å². The lowest BCUT2D eigenvalue weighted by atomic mass is 9.88. The second-order valence-corrected chi connectivity index (χ2v) is 7.90. The lowest BCUT2D eigenvalue weighted by Crippen LogP contribution is -2.00. The number of carboxylic acid groups (broad SMARTS) is 1. The molecular formula is C24H40O3. The van der Waals surface area contributed by atoms with Gasteiger partial charge in [0.2, 0.25) is 0 Å². The van der Waals surface area contributed by atoms with E-state index in [0.29, 0.717) is 18.1 Å². The Balaban J connectivity index is 2.29. The first-order chi connectivity index (χ1) is 13.1. The Kier molecular flexibility index (Phi) is 13.5. The molecule has 1 aromatic rings. The zero-order valence-electron chi connectivity index (χ0n) is 17.3. The Labute approximate surface area is 166 Å². The van der Waals surface area contributed by atoms with Crippen LogP contribution in [0.5, 0.6) is 5.75 Å². The smallest absolute Gasteiger partial charge is 0.303 e. The molecule has 1 atom stereocenters. The quantitative estimate of drug-likeness (QED) is 0.278. The van der Waals surface area contributed by atoms with Crippen molar-refractivity contribution in [2.45, 2.75) is 109 Å². The number of benzene rings is 1. The van der Waals surface area contributed by atoms with Crippen molar-refractivity contribution in [3.63, 3.8) is 0 Å². The minimum Gasteiger partial charge on any atom is -0.508 e. The highest BCUT2D eigenvalue weighted by atomic mass is 16.4. The average molecular weight is 377 g/mol. The van der Waals surface area contributed by atoms with E-state index in [9.17, 15) is 9.90 Å². The van der Waals surface area contributed by atoms with Gasteiger partial charge in [0.15, 0.2) is 0 Å². The van der Waals surface area contributed by atoms with Crippen LogP contribution in [0.2, 0.25) is 0 Å². The molecule has 0 bridgehead atoms. The molecular weight excluding hydrogens is 336 g/mol. The molecule has 1 unspecified atom stereocenters. The molecule has 0 saturated heterocycles. The van der Waals surface area contributed by atoms with Crippen LogP contribution in [0.15, 0.2) is 24.3 Å². The maximum atomic E-state index is 10.6. The molecule has 1 rings (SSSR count). The van der Waals surface area contributed by atoms with Crippen LogP contribution >= 0.6 is 0 Å². The molecule has 154 valence electrons. The van der Waals surface area contributed by atoms with E-state index in [4.69, 9.17) is 5.11 Å². The summed E-state index contributed by atoms with van der Waals surface area (Å²) in [4.78, 5) is 10.6. The summed E-state index contributed by atoms with van der Waals surface area (Å²) in [5.41, 5.74) is 1.33. The third-order valence-corrected chi connectivity index (χ3v) is 5.46. The fourth-order valence-electron chi connectivity index (χ4n) is 3.77. The normalized spacial score (nSPS) is 12.2. The second-order valence-electron chi connectivity index (χ2n) is 7.90. The molecule has 0 radical (unpaired) electrons. The number of hydrogen-bond donors (Lipinski definition) is 2. The van der Waals surface area contributed by atoms with E-state index >= 15 is 0 Å². The first-order valence-electron chi connectivity index (χ1n) is 11.1. The number of aliphatic carboxylic acids is 1. The Morgan fingerprint density at radius 2 is 1.26 bits per heavy atom. The van der Waals surface area contributed by atoms with Crippen LogP contribution in [-0.2, 0) is 4.79 Å². The van der Waals surface area contributed by atoms with E-state index < -0.39 is 5.97 Å². The Hall–Kier alpha value is -1.51. The summed E-state index contributed by atoms with van der Waals surface area (Å²) in [5, 5.41) is 18.3. The summed E-state index contributed by atoms with van der Waals surface area (Å²) in [5.74, 6) is 0.204. The average Bonchev–Trinajstić information content (AvgIpc) is 2.65. The summed E-state index contributed by atoms with van der Waals surface area (Å²) in [6.07, 6.45) is 17.5. The zero-order valence-corrected chi connectivity index (χ0v) is 17.3. The minimum absolute atomic E-state index is 0.291. The van der Waals surface area contributed by atoms with Crippen molar-refractivity contribution in [2.75, 3.05) is 0 Å². The molecule has 0 amide bonds. The van der Waals surface area contributed by atoms with E-state index in [1.807, 2.05) is 0 Å². The van der Waals surface area contributed by atoms with E-state index in [0.717, 1.165) is 32.1 Å². The first-order valence-corrected chi connectivity index (χ1v) is 11.1. The minimum atomic E-state index is -0.688. The first kappa shape index (κ1) is 23.5. The van der Waals surface area contributed by atoms with Crippen LogP contribution in [0.1, 0.15) is 115 Å². The van der Waals surface area contributed by atoms with Crippen molar-refractivity contribution in [1.29, 1.82) is 0 Å². The number of rotatable bonds is 17. The molecule has 2 N–H and O–H groups in total. The van der Waals surface area contributed by atoms with Gasteiger partial charge in [0, 0.05) is 6.42 Å². The van der Waals surface area contributed by atoms with Crippen molar-refractivity contribution < 1.29 is 15.0 Å². The number of carbonyl (C=O) groups is 1. The molecule has 0 saturated carbocycles. The van der Waals surface area contributed by atoms with Gasteiger partial charge in [-0.15, -0.1) is 0 Å². The number of phenolic OH excluding ortho intramolecular Hbond substituents is 1. The van der Waals surface area contributed by atoms with Gasteiger partial charge in [-0.05, 0) is 42.9 Å². The van der Waals surface area contributed by atoms with Crippen LogP contribution in [0, 0.1) is 0 Å². The summed E-state index contributed by atoms with van der Waals surface area (Å²) in [6, 6.07) is 7.72. The molecule has 27 heavy (non-hydrogen) atoms. The summed E-state index contributed by atoms with van der Waals surface area (Å²) in [6.45, 7) is 2.26. The van der Waals surface area contributed by atoms with Crippen molar-refractivity contribution in [3.05, 3.63) is 29.8 Å². The Morgan fingerprint density at radius 3 is 1.78 bits per heavy atom. The SMILES string of the molecule is CCCCCCCCCCC(CCCCCCC(=O)O)c1ccc(O)cc1. The maximum absolute atomic E-state index is 10.6. The molecule has 0 fully saturated rings. The molecule has 0 aliphatic heterocycles. The van der Waals surface area contributed by atoms with Crippen molar-refractivity contribution in [2.24, 2.45) is 0 Å². The standard InChI is InChI=1S/C24H40O3/c1-2-3-4-5-6-7-8-11-14-21(22-17-19-23(25)20-18-22)15-12-9-10-13-16-24(26)27/h17-21,25H,2-16H2,1H3,(H,26,27). The fourth-order valence-corrected chi connectivity index (χ4v) is 3.77. The van der Waals surface area contributed by atoms with Crippen molar-refractivity contribution in [3.8, 4) is 5.75 Å². The molecule has 0 spiro atoms. The lowest BCUT2D eigenvalue weighted by Gasteiger charge is -2.18. The van der Waals surface area contributed by atoms with E-state index in [1.165, 1.54) is 63.4 Å². The maximum Gasteiger partial charge on any atom is 0.303 e. The summed E-state index contributed by atoms with van der Waals surface area (Å²) in [7, 11) is 0. The molecule has 0 heterocycles. The van der Waals surface area contributed by atoms with Crippen molar-refractivity contribution in [1.82, 2.24) is 0 Å². The second kappa shape index (κ2) is 15.5. The lowest BCUT2D eigenvalue weighted by molar-refractivity contribution is -0.137. The molecule has 1 aromatic carbocycles. The van der Waals surface area contributed by atoms with E-state index in [-0.39, 0.29) is 0 Å². The van der Waals surface area contributed by atoms with Crippen LogP contribution in [0.25, 0.3) is 0 Å². The van der Waals surface area contributed by atoms with Gasteiger partial charge < -0.3 is 10.2 Å². The highest BCUT2D eigenvalue weighted by Crippen LogP contribution is 2.29. The number of phenols is 1. The molecule has 0 aliphatic carbocycles. The zero-order chi connectivity index (χ0) is 19.7. The van der Waals surface area contributed by atoms with Crippen molar-refractivity contribution >= 4 is 5.97 Å². The number of hydrogen-bond acceptors (Lipinski definition) is 2. The monoisotopic (exact) mass is 376 g/mol. The Bertz CT molecular complexity index is 481. The number of unbranched alkanes of at least 4 members (excludes halogenated alkanes) is 10. The van der Waals surface area contributed by atoms with Gasteiger partial charge in [0.05, 0.1) is 0 Å². The van der Waals surface area contributed by atoms with Crippen LogP contribution in [-0.4, -0.2) is 16.2 Å². The predicted molar refractivity (Wildman–Crippen MR) is 113 cm³/mol. The van der Waals surface area contributed by atoms with Crippen LogP contribution < -0.4 is 0 Å². The molecule has 0 aromatic heterocycles. The summed E-state index contributed by atoms with van der Waals surface area (Å²) < 4.78 is 0. The molecule has 3 nitrogen and oxygen atoms in total. The third-order valence-electron chi connectivity index (χ3n) is 5.46. The molecule has 0 aliphatic rings. The van der Waals surface area contributed by atoms with Gasteiger partial charge in [-0.2, -0.15) is 0 Å². The van der Waals surface area contributed by atoms with Gasteiger partial charge in [-0.25, -0.2) is 0 Å². The van der Waals surface area contributed by atoms with Gasteiger partial charge >= 0.3 is 5.97 Å². The Morgan fingerprint density at radius 1 is 0.778 bits per heavy atom.